The van der Waals surface area contributed by atoms with Crippen LogP contribution >= 0.6 is 11.3 Å². The minimum absolute atomic E-state index is 0.0884. The van der Waals surface area contributed by atoms with E-state index in [9.17, 15) is 13.2 Å². The Labute approximate surface area is 160 Å². The largest absolute Gasteiger partial charge is 0.357 e. The SMILES string of the molecule is CC(=O)Nc1ncc(S(=O)(=O)N2CCCC(c3cc4ncccc4[nH]3)C2)s1. The van der Waals surface area contributed by atoms with Crippen LogP contribution in [0.5, 0.6) is 0 Å². The molecule has 0 bridgehead atoms. The van der Waals surface area contributed by atoms with Gasteiger partial charge in [-0.05, 0) is 31.0 Å². The van der Waals surface area contributed by atoms with Crippen molar-refractivity contribution in [3.63, 3.8) is 0 Å². The van der Waals surface area contributed by atoms with E-state index < -0.39 is 10.0 Å². The number of nitrogens with one attached hydrogen (secondary N) is 2. The standard InChI is InChI=1S/C17H19N5O3S2/c1-11(23)20-17-19-9-16(26-17)27(24,25)22-7-3-4-12(10-22)14-8-15-13(21-14)5-2-6-18-15/h2,5-6,8-9,12,21H,3-4,7,10H2,1H3,(H,19,20,23). The Morgan fingerprint density at radius 2 is 2.26 bits per heavy atom. The summed E-state index contributed by atoms with van der Waals surface area (Å²) in [5.41, 5.74) is 2.84. The number of piperidine rings is 1. The van der Waals surface area contributed by atoms with Gasteiger partial charge in [-0.3, -0.25) is 9.78 Å². The van der Waals surface area contributed by atoms with Crippen LogP contribution < -0.4 is 5.32 Å². The third-order valence-corrected chi connectivity index (χ3v) is 7.81. The molecule has 3 aromatic heterocycles. The predicted molar refractivity (Wildman–Crippen MR) is 103 cm³/mol. The summed E-state index contributed by atoms with van der Waals surface area (Å²) >= 11 is 0.972. The van der Waals surface area contributed by atoms with Gasteiger partial charge in [0.1, 0.15) is 0 Å². The molecule has 1 saturated heterocycles. The number of aromatic amines is 1. The minimum Gasteiger partial charge on any atom is -0.357 e. The first kappa shape index (κ1) is 18.1. The van der Waals surface area contributed by atoms with E-state index in [0.717, 1.165) is 40.9 Å². The van der Waals surface area contributed by atoms with Crippen molar-refractivity contribution >= 4 is 43.4 Å². The number of pyridine rings is 1. The molecule has 3 aromatic rings. The second-order valence-corrected chi connectivity index (χ2v) is 9.72. The summed E-state index contributed by atoms with van der Waals surface area (Å²) < 4.78 is 27.6. The van der Waals surface area contributed by atoms with E-state index in [0.29, 0.717) is 13.1 Å². The Kier molecular flexibility index (Phi) is 4.70. The van der Waals surface area contributed by atoms with Crippen LogP contribution in [0.1, 0.15) is 31.4 Å². The molecule has 4 heterocycles. The highest BCUT2D eigenvalue weighted by molar-refractivity contribution is 7.91. The van der Waals surface area contributed by atoms with Crippen LogP contribution in [0.2, 0.25) is 0 Å². The maximum Gasteiger partial charge on any atom is 0.254 e. The van der Waals surface area contributed by atoms with E-state index >= 15 is 0 Å². The van der Waals surface area contributed by atoms with E-state index in [1.165, 1.54) is 17.4 Å². The quantitative estimate of drug-likeness (QED) is 0.693. The number of thiazole rings is 1. The first-order valence-corrected chi connectivity index (χ1v) is 10.9. The molecule has 2 N–H and O–H groups in total. The summed E-state index contributed by atoms with van der Waals surface area (Å²) in [5.74, 6) is -0.191. The number of hydrogen-bond donors (Lipinski definition) is 2. The number of H-pyrrole nitrogens is 1. The van der Waals surface area contributed by atoms with Gasteiger partial charge in [0, 0.05) is 37.8 Å². The van der Waals surface area contributed by atoms with Crippen LogP contribution in [0.25, 0.3) is 11.0 Å². The van der Waals surface area contributed by atoms with E-state index in [4.69, 9.17) is 0 Å². The molecule has 1 unspecified atom stereocenters. The van der Waals surface area contributed by atoms with Gasteiger partial charge in [-0.1, -0.05) is 11.3 Å². The molecule has 1 fully saturated rings. The summed E-state index contributed by atoms with van der Waals surface area (Å²) in [5, 5.41) is 2.81. The summed E-state index contributed by atoms with van der Waals surface area (Å²) in [4.78, 5) is 22.8. The van der Waals surface area contributed by atoms with Crippen LogP contribution in [0, 0.1) is 0 Å². The highest BCUT2D eigenvalue weighted by Gasteiger charge is 2.33. The second-order valence-electron chi connectivity index (χ2n) is 6.53. The normalized spacial score (nSPS) is 18.6. The zero-order valence-electron chi connectivity index (χ0n) is 14.7. The van der Waals surface area contributed by atoms with E-state index in [1.807, 2.05) is 18.2 Å². The Hall–Kier alpha value is -2.30. The summed E-state index contributed by atoms with van der Waals surface area (Å²) in [6.07, 6.45) is 4.75. The first-order chi connectivity index (χ1) is 12.9. The number of rotatable bonds is 4. The lowest BCUT2D eigenvalue weighted by molar-refractivity contribution is -0.114. The molecule has 0 aromatic carbocycles. The summed E-state index contributed by atoms with van der Waals surface area (Å²) in [6, 6.07) is 5.83. The fourth-order valence-electron chi connectivity index (χ4n) is 3.33. The van der Waals surface area contributed by atoms with Crippen LogP contribution in [-0.4, -0.2) is 46.7 Å². The van der Waals surface area contributed by atoms with Gasteiger partial charge in [-0.25, -0.2) is 13.4 Å². The number of fused-ring (bicyclic) bond motifs is 1. The van der Waals surface area contributed by atoms with Crippen molar-refractivity contribution in [2.75, 3.05) is 18.4 Å². The molecule has 1 amide bonds. The lowest BCUT2D eigenvalue weighted by Gasteiger charge is -2.31. The van der Waals surface area contributed by atoms with E-state index in [-0.39, 0.29) is 21.2 Å². The molecule has 1 atom stereocenters. The Balaban J connectivity index is 1.56. The van der Waals surface area contributed by atoms with Crippen molar-refractivity contribution in [1.29, 1.82) is 0 Å². The molecule has 1 aliphatic heterocycles. The average Bonchev–Trinajstić information content (AvgIpc) is 3.28. The second kappa shape index (κ2) is 7.02. The number of hydrogen-bond acceptors (Lipinski definition) is 6. The molecular formula is C17H19N5O3S2. The van der Waals surface area contributed by atoms with Crippen molar-refractivity contribution in [2.24, 2.45) is 0 Å². The third kappa shape index (κ3) is 3.60. The van der Waals surface area contributed by atoms with Crippen molar-refractivity contribution in [3.05, 3.63) is 36.3 Å². The smallest absolute Gasteiger partial charge is 0.254 e. The molecular weight excluding hydrogens is 386 g/mol. The zero-order valence-corrected chi connectivity index (χ0v) is 16.3. The van der Waals surface area contributed by atoms with Gasteiger partial charge in [0.15, 0.2) is 9.34 Å². The lowest BCUT2D eigenvalue weighted by atomic mass is 9.96. The molecule has 10 heteroatoms. The predicted octanol–water partition coefficient (Wildman–Crippen LogP) is 2.55. The van der Waals surface area contributed by atoms with E-state index in [2.05, 4.69) is 20.3 Å². The van der Waals surface area contributed by atoms with Gasteiger partial charge in [-0.2, -0.15) is 4.31 Å². The number of sulfonamides is 1. The number of nitrogens with zero attached hydrogens (tertiary/aromatic N) is 3. The van der Waals surface area contributed by atoms with Gasteiger partial charge in [0.2, 0.25) is 5.91 Å². The maximum absolute atomic E-state index is 13.0. The lowest BCUT2D eigenvalue weighted by Crippen LogP contribution is -2.38. The Morgan fingerprint density at radius 3 is 3.04 bits per heavy atom. The minimum atomic E-state index is -3.64. The monoisotopic (exact) mass is 405 g/mol. The zero-order chi connectivity index (χ0) is 19.0. The molecule has 0 aliphatic carbocycles. The molecule has 142 valence electrons. The molecule has 0 saturated carbocycles. The Bertz CT molecular complexity index is 1060. The van der Waals surface area contributed by atoms with Crippen molar-refractivity contribution in [2.45, 2.75) is 29.9 Å². The number of carbonyl (C=O) groups is 1. The highest BCUT2D eigenvalue weighted by Crippen LogP contribution is 2.33. The molecule has 0 spiro atoms. The molecule has 27 heavy (non-hydrogen) atoms. The van der Waals surface area contributed by atoms with Crippen molar-refractivity contribution in [1.82, 2.24) is 19.3 Å². The summed E-state index contributed by atoms with van der Waals surface area (Å²) in [7, 11) is -3.64. The van der Waals surface area contributed by atoms with Crippen molar-refractivity contribution < 1.29 is 13.2 Å². The van der Waals surface area contributed by atoms with Gasteiger partial charge in [-0.15, -0.1) is 0 Å². The van der Waals surface area contributed by atoms with Gasteiger partial charge in [0.05, 0.1) is 17.2 Å². The third-order valence-electron chi connectivity index (χ3n) is 4.60. The molecule has 0 radical (unpaired) electrons. The molecule has 1 aliphatic rings. The van der Waals surface area contributed by atoms with Crippen LogP contribution in [0.15, 0.2) is 34.8 Å². The van der Waals surface area contributed by atoms with Gasteiger partial charge < -0.3 is 10.3 Å². The summed E-state index contributed by atoms with van der Waals surface area (Å²) in [6.45, 7) is 2.24. The van der Waals surface area contributed by atoms with Gasteiger partial charge >= 0.3 is 0 Å². The fraction of sp³-hybridized carbons (Fsp3) is 0.353. The number of anilines is 1. The van der Waals surface area contributed by atoms with E-state index in [1.54, 1.807) is 6.20 Å². The number of aromatic nitrogens is 3. The first-order valence-electron chi connectivity index (χ1n) is 8.61. The van der Waals surface area contributed by atoms with Gasteiger partial charge in [0.25, 0.3) is 10.0 Å². The molecule has 4 rings (SSSR count). The Morgan fingerprint density at radius 1 is 1.41 bits per heavy atom. The molecule has 8 nitrogen and oxygen atoms in total. The van der Waals surface area contributed by atoms with Crippen LogP contribution in [0.4, 0.5) is 5.13 Å². The topological polar surface area (TPSA) is 108 Å². The fourth-order valence-corrected chi connectivity index (χ4v) is 6.08. The number of carbonyl (C=O) groups excluding carboxylic acids is 1. The van der Waals surface area contributed by atoms with Crippen LogP contribution in [-0.2, 0) is 14.8 Å². The highest BCUT2D eigenvalue weighted by atomic mass is 32.2. The van der Waals surface area contributed by atoms with Crippen LogP contribution in [0.3, 0.4) is 0 Å². The average molecular weight is 406 g/mol. The van der Waals surface area contributed by atoms with Crippen molar-refractivity contribution in [3.8, 4) is 0 Å². The number of amides is 1. The maximum atomic E-state index is 13.0.